The summed E-state index contributed by atoms with van der Waals surface area (Å²) in [5.41, 5.74) is 3.86. The lowest BCUT2D eigenvalue weighted by Crippen LogP contribution is -2.04. The van der Waals surface area contributed by atoms with E-state index < -0.39 is 5.82 Å². The smallest absolute Gasteiger partial charge is 0.180 e. The summed E-state index contributed by atoms with van der Waals surface area (Å²) < 4.78 is 25.1. The van der Waals surface area contributed by atoms with Gasteiger partial charge in [0.05, 0.1) is 16.7 Å². The van der Waals surface area contributed by atoms with Crippen LogP contribution in [0, 0.1) is 12.7 Å². The van der Waals surface area contributed by atoms with Crippen molar-refractivity contribution in [1.29, 1.82) is 0 Å². The number of hydrogen-bond donors (Lipinski definition) is 1. The van der Waals surface area contributed by atoms with Gasteiger partial charge in [0.2, 0.25) is 0 Å². The first-order valence-electron chi connectivity index (χ1n) is 9.29. The van der Waals surface area contributed by atoms with Crippen LogP contribution in [-0.2, 0) is 13.2 Å². The molecule has 3 rings (SSSR count). The van der Waals surface area contributed by atoms with E-state index in [1.165, 1.54) is 6.07 Å². The summed E-state index contributed by atoms with van der Waals surface area (Å²) in [6.07, 6.45) is 0. The van der Waals surface area contributed by atoms with Crippen molar-refractivity contribution in [3.8, 4) is 11.5 Å². The molecule has 0 radical (unpaired) electrons. The summed E-state index contributed by atoms with van der Waals surface area (Å²) >= 11 is 12.3. The third-order valence-electron chi connectivity index (χ3n) is 4.42. The van der Waals surface area contributed by atoms with Crippen molar-refractivity contribution in [2.24, 2.45) is 0 Å². The van der Waals surface area contributed by atoms with Gasteiger partial charge in [0.1, 0.15) is 12.4 Å². The number of nitrogens with one attached hydrogen (secondary N) is 1. The Morgan fingerprint density at radius 1 is 0.966 bits per heavy atom. The lowest BCUT2D eigenvalue weighted by Gasteiger charge is -2.16. The molecular weight excluding hydrogens is 412 g/mol. The molecule has 0 saturated heterocycles. The van der Waals surface area contributed by atoms with Crippen molar-refractivity contribution in [2.75, 3.05) is 11.9 Å². The maximum absolute atomic E-state index is 13.3. The Hall–Kier alpha value is -2.43. The number of hydrogen-bond acceptors (Lipinski definition) is 3. The second-order valence-electron chi connectivity index (χ2n) is 6.54. The predicted molar refractivity (Wildman–Crippen MR) is 117 cm³/mol. The molecule has 0 spiro atoms. The van der Waals surface area contributed by atoms with E-state index in [1.54, 1.807) is 12.1 Å². The van der Waals surface area contributed by atoms with Crippen LogP contribution in [0.25, 0.3) is 0 Å². The number of benzene rings is 3. The molecule has 0 saturated carbocycles. The maximum Gasteiger partial charge on any atom is 0.180 e. The average Bonchev–Trinajstić information content (AvgIpc) is 2.70. The Balaban J connectivity index is 1.76. The fraction of sp³-hybridized carbons (Fsp3) is 0.217. The number of anilines is 1. The minimum absolute atomic E-state index is 0.0722. The second-order valence-corrected chi connectivity index (χ2v) is 7.35. The lowest BCUT2D eigenvalue weighted by atomic mass is 10.1. The number of aryl methyl sites for hydroxylation is 1. The first-order chi connectivity index (χ1) is 14.0. The van der Waals surface area contributed by atoms with Gasteiger partial charge < -0.3 is 14.8 Å². The quantitative estimate of drug-likeness (QED) is 0.413. The SMILES string of the molecule is CCOc1cc(CNc2ccc(F)c(Cl)c2)cc(Cl)c1OCc1ccccc1C. The largest absolute Gasteiger partial charge is 0.490 e. The third kappa shape index (κ3) is 5.55. The highest BCUT2D eigenvalue weighted by Crippen LogP contribution is 2.37. The molecule has 0 aromatic heterocycles. The summed E-state index contributed by atoms with van der Waals surface area (Å²) in [5.74, 6) is 0.655. The third-order valence-corrected chi connectivity index (χ3v) is 4.99. The molecule has 152 valence electrons. The molecule has 0 aliphatic rings. The van der Waals surface area contributed by atoms with E-state index in [9.17, 15) is 4.39 Å². The van der Waals surface area contributed by atoms with Crippen molar-refractivity contribution < 1.29 is 13.9 Å². The fourth-order valence-corrected chi connectivity index (χ4v) is 3.33. The van der Waals surface area contributed by atoms with Crippen LogP contribution in [0.1, 0.15) is 23.6 Å². The van der Waals surface area contributed by atoms with Crippen LogP contribution in [0.3, 0.4) is 0 Å². The molecular formula is C23H22Cl2FNO2. The minimum atomic E-state index is -0.450. The van der Waals surface area contributed by atoms with E-state index in [1.807, 2.05) is 50.2 Å². The average molecular weight is 434 g/mol. The number of rotatable bonds is 8. The van der Waals surface area contributed by atoms with Crippen LogP contribution >= 0.6 is 23.2 Å². The molecule has 0 aliphatic carbocycles. The lowest BCUT2D eigenvalue weighted by molar-refractivity contribution is 0.269. The predicted octanol–water partition coefficient (Wildman–Crippen LogP) is 7.03. The van der Waals surface area contributed by atoms with E-state index in [2.05, 4.69) is 5.32 Å². The van der Waals surface area contributed by atoms with Crippen LogP contribution in [0.4, 0.5) is 10.1 Å². The molecule has 0 heterocycles. The summed E-state index contributed by atoms with van der Waals surface area (Å²) in [7, 11) is 0. The Bertz CT molecular complexity index is 995. The Morgan fingerprint density at radius 3 is 2.48 bits per heavy atom. The summed E-state index contributed by atoms with van der Waals surface area (Å²) in [6.45, 7) is 5.31. The van der Waals surface area contributed by atoms with Gasteiger partial charge in [-0.2, -0.15) is 0 Å². The Morgan fingerprint density at radius 2 is 1.76 bits per heavy atom. The van der Waals surface area contributed by atoms with E-state index >= 15 is 0 Å². The summed E-state index contributed by atoms with van der Waals surface area (Å²) in [5, 5.41) is 3.75. The minimum Gasteiger partial charge on any atom is -0.490 e. The Labute approximate surface area is 180 Å². The zero-order valence-corrected chi connectivity index (χ0v) is 17.8. The normalized spacial score (nSPS) is 10.7. The van der Waals surface area contributed by atoms with Gasteiger partial charge in [-0.25, -0.2) is 4.39 Å². The van der Waals surface area contributed by atoms with Crippen molar-refractivity contribution in [3.05, 3.63) is 87.2 Å². The van der Waals surface area contributed by atoms with Gasteiger partial charge in [-0.3, -0.25) is 0 Å². The van der Waals surface area contributed by atoms with E-state index in [4.69, 9.17) is 32.7 Å². The van der Waals surface area contributed by atoms with E-state index in [0.29, 0.717) is 42.0 Å². The Kier molecular flexibility index (Phi) is 7.24. The molecule has 3 aromatic carbocycles. The van der Waals surface area contributed by atoms with Gasteiger partial charge in [0, 0.05) is 12.2 Å². The highest BCUT2D eigenvalue weighted by molar-refractivity contribution is 6.32. The number of ether oxygens (including phenoxy) is 2. The van der Waals surface area contributed by atoms with Gasteiger partial charge >= 0.3 is 0 Å². The van der Waals surface area contributed by atoms with Crippen LogP contribution in [0.5, 0.6) is 11.5 Å². The highest BCUT2D eigenvalue weighted by Gasteiger charge is 2.14. The molecule has 1 N–H and O–H groups in total. The van der Waals surface area contributed by atoms with Crippen molar-refractivity contribution in [1.82, 2.24) is 0 Å². The zero-order chi connectivity index (χ0) is 20.8. The molecule has 0 bridgehead atoms. The molecule has 6 heteroatoms. The molecule has 3 nitrogen and oxygen atoms in total. The van der Waals surface area contributed by atoms with Crippen LogP contribution in [-0.4, -0.2) is 6.61 Å². The molecule has 0 unspecified atom stereocenters. The van der Waals surface area contributed by atoms with Gasteiger partial charge in [0.25, 0.3) is 0 Å². The monoisotopic (exact) mass is 433 g/mol. The zero-order valence-electron chi connectivity index (χ0n) is 16.3. The van der Waals surface area contributed by atoms with Gasteiger partial charge in [-0.05, 0) is 60.9 Å². The topological polar surface area (TPSA) is 30.5 Å². The van der Waals surface area contributed by atoms with Gasteiger partial charge in [-0.1, -0.05) is 47.5 Å². The fourth-order valence-electron chi connectivity index (χ4n) is 2.86. The summed E-state index contributed by atoms with van der Waals surface area (Å²) in [4.78, 5) is 0. The van der Waals surface area contributed by atoms with Crippen LogP contribution in [0.15, 0.2) is 54.6 Å². The first kappa shape index (κ1) is 21.3. The first-order valence-corrected chi connectivity index (χ1v) is 10.0. The summed E-state index contributed by atoms with van der Waals surface area (Å²) in [6, 6.07) is 16.3. The van der Waals surface area contributed by atoms with Crippen LogP contribution < -0.4 is 14.8 Å². The molecule has 0 atom stereocenters. The van der Waals surface area contributed by atoms with Crippen molar-refractivity contribution >= 4 is 28.9 Å². The second kappa shape index (κ2) is 9.86. The van der Waals surface area contributed by atoms with Gasteiger partial charge in [0.15, 0.2) is 11.5 Å². The van der Waals surface area contributed by atoms with Crippen LogP contribution in [0.2, 0.25) is 10.0 Å². The standard InChI is InChI=1S/C23H22Cl2FNO2/c1-3-28-22-11-16(13-27-18-8-9-21(26)19(24)12-18)10-20(25)23(22)29-14-17-7-5-4-6-15(17)2/h4-12,27H,3,13-14H2,1-2H3. The van der Waals surface area contributed by atoms with E-state index in [0.717, 1.165) is 16.7 Å². The maximum atomic E-state index is 13.3. The molecule has 0 fully saturated rings. The van der Waals surface area contributed by atoms with Crippen molar-refractivity contribution in [2.45, 2.75) is 27.0 Å². The highest BCUT2D eigenvalue weighted by atomic mass is 35.5. The molecule has 0 aliphatic heterocycles. The van der Waals surface area contributed by atoms with E-state index in [-0.39, 0.29) is 5.02 Å². The van der Waals surface area contributed by atoms with Gasteiger partial charge in [-0.15, -0.1) is 0 Å². The molecule has 0 amide bonds. The number of halogens is 3. The molecule has 29 heavy (non-hydrogen) atoms. The van der Waals surface area contributed by atoms with Crippen molar-refractivity contribution in [3.63, 3.8) is 0 Å². The molecule has 3 aromatic rings.